The Labute approximate surface area is 300 Å². The lowest BCUT2D eigenvalue weighted by atomic mass is 10.1. The first-order valence-corrected chi connectivity index (χ1v) is 21.3. The van der Waals surface area contributed by atoms with Crippen LogP contribution >= 0.6 is 7.82 Å². The van der Waals surface area contributed by atoms with E-state index in [-0.39, 0.29) is 32.6 Å². The van der Waals surface area contributed by atoms with Gasteiger partial charge in [0.05, 0.1) is 13.2 Å². The van der Waals surface area contributed by atoms with Gasteiger partial charge in [0, 0.05) is 19.4 Å². The van der Waals surface area contributed by atoms with Crippen LogP contribution in [0, 0.1) is 0 Å². The van der Waals surface area contributed by atoms with Gasteiger partial charge in [-0.05, 0) is 64.2 Å². The smallest absolute Gasteiger partial charge is 0.462 e. The van der Waals surface area contributed by atoms with Crippen LogP contribution in [0.3, 0.4) is 0 Å². The fraction of sp³-hybridized carbons (Fsp3) is 0.846. The summed E-state index contributed by atoms with van der Waals surface area (Å²) in [6.45, 7) is 3.68. The average molecular weight is 716 g/mol. The van der Waals surface area contributed by atoms with Crippen molar-refractivity contribution in [2.75, 3.05) is 26.4 Å². The Bertz CT molecular complexity index is 866. The normalized spacial score (nSPS) is 13.6. The number of phosphoric acid groups is 1. The average Bonchev–Trinajstić information content (AvgIpc) is 3.08. The molecule has 288 valence electrons. The maximum absolute atomic E-state index is 12.5. The summed E-state index contributed by atoms with van der Waals surface area (Å²) in [5, 5.41) is 0. The van der Waals surface area contributed by atoms with Gasteiger partial charge in [-0.1, -0.05) is 128 Å². The highest BCUT2D eigenvalue weighted by Gasteiger charge is 2.25. The monoisotopic (exact) mass is 716 g/mol. The van der Waals surface area contributed by atoms with Crippen molar-refractivity contribution in [2.24, 2.45) is 5.73 Å². The van der Waals surface area contributed by atoms with Crippen molar-refractivity contribution in [2.45, 2.75) is 187 Å². The van der Waals surface area contributed by atoms with E-state index in [1.807, 2.05) is 0 Å². The zero-order valence-electron chi connectivity index (χ0n) is 31.4. The van der Waals surface area contributed by atoms with Gasteiger partial charge in [-0.25, -0.2) is 4.57 Å². The fourth-order valence-corrected chi connectivity index (χ4v) is 6.09. The lowest BCUT2D eigenvalue weighted by molar-refractivity contribution is -0.161. The zero-order valence-corrected chi connectivity index (χ0v) is 32.3. The van der Waals surface area contributed by atoms with Crippen LogP contribution in [0.4, 0.5) is 0 Å². The quantitative estimate of drug-likeness (QED) is 0.0279. The van der Waals surface area contributed by atoms with Crippen molar-refractivity contribution in [3.05, 3.63) is 24.3 Å². The predicted octanol–water partition coefficient (Wildman–Crippen LogP) is 10.8. The van der Waals surface area contributed by atoms with Crippen molar-refractivity contribution in [1.29, 1.82) is 0 Å². The van der Waals surface area contributed by atoms with Crippen LogP contribution in [0.5, 0.6) is 0 Å². The Kier molecular flexibility index (Phi) is 35.2. The van der Waals surface area contributed by atoms with Crippen LogP contribution in [-0.2, 0) is 32.7 Å². The molecule has 0 radical (unpaired) electrons. The molecule has 0 saturated carbocycles. The van der Waals surface area contributed by atoms with E-state index in [9.17, 15) is 19.0 Å². The lowest BCUT2D eigenvalue weighted by Gasteiger charge is -2.19. The Morgan fingerprint density at radius 1 is 0.592 bits per heavy atom. The van der Waals surface area contributed by atoms with E-state index in [2.05, 4.69) is 38.2 Å². The number of nitrogens with two attached hydrogens (primary N) is 1. The predicted molar refractivity (Wildman–Crippen MR) is 201 cm³/mol. The molecule has 0 spiro atoms. The Morgan fingerprint density at radius 3 is 1.45 bits per heavy atom. The van der Waals surface area contributed by atoms with Gasteiger partial charge in [-0.3, -0.25) is 18.6 Å². The highest BCUT2D eigenvalue weighted by atomic mass is 31.2. The standard InChI is InChI=1S/C39H74NO8P/c1-3-5-7-9-11-13-15-17-18-20-22-24-26-28-30-32-39(42)48-37(36-47-49(43,44)46-34-33-40)35-45-38(41)31-29-27-25-23-21-19-16-14-12-10-8-6-4-2/h13-16,37H,3-12,17-36,40H2,1-2H3,(H,43,44). The summed E-state index contributed by atoms with van der Waals surface area (Å²) in [7, 11) is -4.37. The molecule has 0 rings (SSSR count). The molecular weight excluding hydrogens is 641 g/mol. The molecule has 2 atom stereocenters. The Hall–Kier alpha value is -1.51. The van der Waals surface area contributed by atoms with Gasteiger partial charge in [0.25, 0.3) is 0 Å². The number of hydrogen-bond donors (Lipinski definition) is 2. The number of carbonyl (C=O) groups is 2. The van der Waals surface area contributed by atoms with Gasteiger partial charge in [0.15, 0.2) is 6.10 Å². The molecule has 0 aromatic carbocycles. The lowest BCUT2D eigenvalue weighted by Crippen LogP contribution is -2.29. The van der Waals surface area contributed by atoms with Gasteiger partial charge < -0.3 is 20.1 Å². The second-order valence-corrected chi connectivity index (χ2v) is 14.6. The molecule has 0 saturated heterocycles. The molecule has 0 aliphatic carbocycles. The molecule has 3 N–H and O–H groups in total. The van der Waals surface area contributed by atoms with Gasteiger partial charge in [0.1, 0.15) is 6.61 Å². The number of esters is 2. The van der Waals surface area contributed by atoms with Crippen LogP contribution in [0.2, 0.25) is 0 Å². The number of phosphoric ester groups is 1. The molecular formula is C39H74NO8P. The summed E-state index contributed by atoms with van der Waals surface area (Å²) in [5.41, 5.74) is 5.33. The van der Waals surface area contributed by atoms with Gasteiger partial charge in [-0.2, -0.15) is 0 Å². The van der Waals surface area contributed by atoms with E-state index < -0.39 is 32.5 Å². The molecule has 0 aromatic rings. The number of allylic oxidation sites excluding steroid dienone is 4. The van der Waals surface area contributed by atoms with Crippen LogP contribution in [0.25, 0.3) is 0 Å². The second kappa shape index (κ2) is 36.3. The third kappa shape index (κ3) is 36.1. The SMILES string of the molecule is CCCCCCC=CCCCCCCCCCC(=O)OC(COC(=O)CCCCCCCC=CCCCCCC)COP(=O)(O)OCCN. The van der Waals surface area contributed by atoms with Crippen LogP contribution in [-0.4, -0.2) is 49.3 Å². The summed E-state index contributed by atoms with van der Waals surface area (Å²) < 4.78 is 32.7. The fourth-order valence-electron chi connectivity index (χ4n) is 5.33. The minimum absolute atomic E-state index is 0.0524. The molecule has 49 heavy (non-hydrogen) atoms. The third-order valence-corrected chi connectivity index (χ3v) is 9.29. The first kappa shape index (κ1) is 47.5. The number of ether oxygens (including phenoxy) is 2. The topological polar surface area (TPSA) is 134 Å². The van der Waals surface area contributed by atoms with Crippen LogP contribution in [0.1, 0.15) is 181 Å². The number of rotatable bonds is 37. The summed E-state index contributed by atoms with van der Waals surface area (Å²) in [5.74, 6) is -0.842. The molecule has 0 heterocycles. The Morgan fingerprint density at radius 2 is 1.00 bits per heavy atom. The van der Waals surface area contributed by atoms with E-state index in [1.165, 1.54) is 83.5 Å². The maximum Gasteiger partial charge on any atom is 0.472 e. The van der Waals surface area contributed by atoms with Gasteiger partial charge >= 0.3 is 19.8 Å². The third-order valence-electron chi connectivity index (χ3n) is 8.31. The van der Waals surface area contributed by atoms with Crippen molar-refractivity contribution in [1.82, 2.24) is 0 Å². The molecule has 0 aromatic heterocycles. The van der Waals surface area contributed by atoms with E-state index in [0.29, 0.717) is 6.42 Å². The molecule has 0 fully saturated rings. The maximum atomic E-state index is 12.5. The van der Waals surface area contributed by atoms with Crippen molar-refractivity contribution in [3.8, 4) is 0 Å². The Balaban J connectivity index is 4.22. The van der Waals surface area contributed by atoms with Crippen molar-refractivity contribution < 1.29 is 37.6 Å². The molecule has 2 unspecified atom stereocenters. The largest absolute Gasteiger partial charge is 0.472 e. The van der Waals surface area contributed by atoms with Crippen molar-refractivity contribution >= 4 is 19.8 Å². The summed E-state index contributed by atoms with van der Waals surface area (Å²) in [6.07, 6.45) is 36.3. The number of carbonyl (C=O) groups excluding carboxylic acids is 2. The van der Waals surface area contributed by atoms with Gasteiger partial charge in [-0.15, -0.1) is 0 Å². The first-order valence-electron chi connectivity index (χ1n) is 19.8. The second-order valence-electron chi connectivity index (χ2n) is 13.1. The number of unbranched alkanes of at least 4 members (excludes halogenated alkanes) is 20. The van der Waals surface area contributed by atoms with E-state index >= 15 is 0 Å². The zero-order chi connectivity index (χ0) is 36.1. The van der Waals surface area contributed by atoms with E-state index in [4.69, 9.17) is 24.3 Å². The number of hydrogen-bond acceptors (Lipinski definition) is 8. The van der Waals surface area contributed by atoms with E-state index in [0.717, 1.165) is 64.2 Å². The highest BCUT2D eigenvalue weighted by Crippen LogP contribution is 2.43. The van der Waals surface area contributed by atoms with Crippen LogP contribution < -0.4 is 5.73 Å². The van der Waals surface area contributed by atoms with Crippen molar-refractivity contribution in [3.63, 3.8) is 0 Å². The molecule has 0 bridgehead atoms. The summed E-state index contributed by atoms with van der Waals surface area (Å²) in [6, 6.07) is 0. The minimum atomic E-state index is -4.37. The highest BCUT2D eigenvalue weighted by molar-refractivity contribution is 7.47. The molecule has 0 aliphatic heterocycles. The summed E-state index contributed by atoms with van der Waals surface area (Å²) in [4.78, 5) is 34.7. The molecule has 10 heteroatoms. The minimum Gasteiger partial charge on any atom is -0.462 e. The first-order chi connectivity index (χ1) is 23.8. The molecule has 9 nitrogen and oxygen atoms in total. The molecule has 0 aliphatic rings. The van der Waals surface area contributed by atoms with Gasteiger partial charge in [0.2, 0.25) is 0 Å². The summed E-state index contributed by atoms with van der Waals surface area (Å²) >= 11 is 0. The van der Waals surface area contributed by atoms with Crippen LogP contribution in [0.15, 0.2) is 24.3 Å². The molecule has 0 amide bonds. The van der Waals surface area contributed by atoms with E-state index in [1.54, 1.807) is 0 Å².